The standard InChI is InChI=1S/C31H25N5O2S/c37-30(26-20-22-10-4-6-12-25(22)33-26)35-29-31(38)36(18-19-39-23-14-16-32-17-15-23)27-13-7-5-11-24(27)28(34-29)21-8-2-1-3-9-21/h1-17,20,29,33H,18-19H2,(H,35,37). The first-order valence-electron chi connectivity index (χ1n) is 12.6. The number of rotatable bonds is 7. The number of nitrogens with zero attached hydrogens (tertiary/aromatic N) is 3. The van der Waals surface area contributed by atoms with Gasteiger partial charge in [-0.3, -0.25) is 14.6 Å². The fourth-order valence-electron chi connectivity index (χ4n) is 4.67. The number of amides is 2. The van der Waals surface area contributed by atoms with Crippen molar-refractivity contribution >= 4 is 45.9 Å². The number of benzodiazepines with no additional fused rings is 1. The maximum Gasteiger partial charge on any atom is 0.272 e. The predicted octanol–water partition coefficient (Wildman–Crippen LogP) is 5.30. The highest BCUT2D eigenvalue weighted by atomic mass is 32.2. The number of carbonyl (C=O) groups excluding carboxylic acids is 2. The lowest BCUT2D eigenvalue weighted by Crippen LogP contribution is -2.48. The van der Waals surface area contributed by atoms with E-state index < -0.39 is 12.1 Å². The Kier molecular flexibility index (Phi) is 6.93. The van der Waals surface area contributed by atoms with Gasteiger partial charge in [-0.25, -0.2) is 4.99 Å². The van der Waals surface area contributed by atoms with Crippen LogP contribution in [0.15, 0.2) is 119 Å². The number of benzene rings is 3. The number of aromatic amines is 1. The molecular formula is C31H25N5O2S. The Morgan fingerprint density at radius 3 is 2.49 bits per heavy atom. The number of para-hydroxylation sites is 2. The first kappa shape index (κ1) is 24.6. The van der Waals surface area contributed by atoms with Gasteiger partial charge in [-0.15, -0.1) is 11.8 Å². The molecule has 0 fully saturated rings. The average Bonchev–Trinajstić information content (AvgIpc) is 3.39. The Balaban J connectivity index is 1.36. The molecular weight excluding hydrogens is 506 g/mol. The summed E-state index contributed by atoms with van der Waals surface area (Å²) in [6.07, 6.45) is 2.41. The molecule has 3 aromatic carbocycles. The molecule has 5 aromatic rings. The van der Waals surface area contributed by atoms with Crippen LogP contribution in [0.1, 0.15) is 21.6 Å². The molecule has 0 saturated heterocycles. The summed E-state index contributed by atoms with van der Waals surface area (Å²) in [6, 6.07) is 30.9. The van der Waals surface area contributed by atoms with Gasteiger partial charge < -0.3 is 15.2 Å². The lowest BCUT2D eigenvalue weighted by molar-refractivity contribution is -0.120. The summed E-state index contributed by atoms with van der Waals surface area (Å²) in [5.41, 5.74) is 4.37. The molecule has 192 valence electrons. The van der Waals surface area contributed by atoms with E-state index in [9.17, 15) is 9.59 Å². The highest BCUT2D eigenvalue weighted by Gasteiger charge is 2.33. The van der Waals surface area contributed by atoms with Gasteiger partial charge in [0.05, 0.1) is 11.4 Å². The monoisotopic (exact) mass is 531 g/mol. The van der Waals surface area contributed by atoms with Crippen LogP contribution in [0.4, 0.5) is 5.69 Å². The average molecular weight is 532 g/mol. The van der Waals surface area contributed by atoms with E-state index >= 15 is 0 Å². The van der Waals surface area contributed by atoms with Crippen molar-refractivity contribution in [3.63, 3.8) is 0 Å². The van der Waals surface area contributed by atoms with E-state index in [0.717, 1.165) is 32.6 Å². The molecule has 39 heavy (non-hydrogen) atoms. The molecule has 3 heterocycles. The number of aromatic nitrogens is 2. The van der Waals surface area contributed by atoms with E-state index in [2.05, 4.69) is 15.3 Å². The van der Waals surface area contributed by atoms with E-state index in [4.69, 9.17) is 4.99 Å². The fourth-order valence-corrected chi connectivity index (χ4v) is 5.49. The topological polar surface area (TPSA) is 90.4 Å². The molecule has 2 N–H and O–H groups in total. The largest absolute Gasteiger partial charge is 0.351 e. The molecule has 6 rings (SSSR count). The number of anilines is 1. The Labute approximate surface area is 230 Å². The smallest absolute Gasteiger partial charge is 0.272 e. The summed E-state index contributed by atoms with van der Waals surface area (Å²) in [6.45, 7) is 0.444. The van der Waals surface area contributed by atoms with E-state index in [0.29, 0.717) is 23.7 Å². The molecule has 1 atom stereocenters. The van der Waals surface area contributed by atoms with Crippen LogP contribution in [0.5, 0.6) is 0 Å². The van der Waals surface area contributed by atoms with Crippen LogP contribution in [-0.2, 0) is 4.79 Å². The normalized spacial score (nSPS) is 15.0. The number of hydrogen-bond donors (Lipinski definition) is 2. The second kappa shape index (κ2) is 11.0. The number of thioether (sulfide) groups is 1. The molecule has 1 aliphatic rings. The van der Waals surface area contributed by atoms with Crippen LogP contribution in [0.25, 0.3) is 10.9 Å². The van der Waals surface area contributed by atoms with Gasteiger partial charge in [-0.05, 0) is 30.3 Å². The lowest BCUT2D eigenvalue weighted by Gasteiger charge is -2.25. The zero-order chi connectivity index (χ0) is 26.6. The molecule has 1 unspecified atom stereocenters. The molecule has 1 aliphatic heterocycles. The van der Waals surface area contributed by atoms with Gasteiger partial charge in [-0.2, -0.15) is 0 Å². The van der Waals surface area contributed by atoms with Crippen molar-refractivity contribution in [2.45, 2.75) is 11.1 Å². The SMILES string of the molecule is O=C(NC1N=C(c2ccccc2)c2ccccc2N(CCSc2ccncc2)C1=O)c1cc2ccccc2[nH]1. The summed E-state index contributed by atoms with van der Waals surface area (Å²) < 4.78 is 0. The third-order valence-electron chi connectivity index (χ3n) is 6.53. The van der Waals surface area contributed by atoms with Crippen molar-refractivity contribution < 1.29 is 9.59 Å². The second-order valence-corrected chi connectivity index (χ2v) is 10.2. The van der Waals surface area contributed by atoms with Crippen LogP contribution in [0.2, 0.25) is 0 Å². The quantitative estimate of drug-likeness (QED) is 0.279. The molecule has 0 radical (unpaired) electrons. The summed E-state index contributed by atoms with van der Waals surface area (Å²) in [5.74, 6) is -0.0149. The Morgan fingerprint density at radius 2 is 1.67 bits per heavy atom. The van der Waals surface area contributed by atoms with Crippen molar-refractivity contribution in [3.05, 3.63) is 126 Å². The molecule has 2 aromatic heterocycles. The summed E-state index contributed by atoms with van der Waals surface area (Å²) in [7, 11) is 0. The van der Waals surface area contributed by atoms with Gasteiger partial charge in [0.25, 0.3) is 11.8 Å². The first-order chi connectivity index (χ1) is 19.2. The zero-order valence-corrected chi connectivity index (χ0v) is 21.8. The number of nitrogens with one attached hydrogen (secondary N) is 2. The van der Waals surface area contributed by atoms with Crippen LogP contribution in [-0.4, -0.2) is 46.0 Å². The van der Waals surface area contributed by atoms with Crippen LogP contribution in [0, 0.1) is 0 Å². The number of aliphatic imine (C=N–C) groups is 1. The van der Waals surface area contributed by atoms with Gasteiger partial charge in [0.2, 0.25) is 6.17 Å². The van der Waals surface area contributed by atoms with Gasteiger partial charge in [0.1, 0.15) is 5.69 Å². The third-order valence-corrected chi connectivity index (χ3v) is 7.52. The first-order valence-corrected chi connectivity index (χ1v) is 13.6. The maximum atomic E-state index is 14.0. The van der Waals surface area contributed by atoms with Gasteiger partial charge in [0.15, 0.2) is 0 Å². The van der Waals surface area contributed by atoms with Crippen molar-refractivity contribution in [1.29, 1.82) is 0 Å². The van der Waals surface area contributed by atoms with E-state index in [1.54, 1.807) is 35.1 Å². The zero-order valence-electron chi connectivity index (χ0n) is 21.0. The minimum absolute atomic E-state index is 0.284. The summed E-state index contributed by atoms with van der Waals surface area (Å²) >= 11 is 1.65. The molecule has 0 saturated carbocycles. The molecule has 7 nitrogen and oxygen atoms in total. The van der Waals surface area contributed by atoms with E-state index in [1.165, 1.54) is 0 Å². The van der Waals surface area contributed by atoms with E-state index in [1.807, 2.05) is 91.0 Å². The van der Waals surface area contributed by atoms with Crippen molar-refractivity contribution in [2.75, 3.05) is 17.2 Å². The number of pyridine rings is 1. The van der Waals surface area contributed by atoms with Gasteiger partial charge in [-0.1, -0.05) is 66.7 Å². The minimum atomic E-state index is -1.10. The van der Waals surface area contributed by atoms with Gasteiger partial charge >= 0.3 is 0 Å². The molecule has 8 heteroatoms. The minimum Gasteiger partial charge on any atom is -0.351 e. The highest BCUT2D eigenvalue weighted by Crippen LogP contribution is 2.29. The maximum absolute atomic E-state index is 14.0. The summed E-state index contributed by atoms with van der Waals surface area (Å²) in [4.78, 5) is 42.3. The Hall–Kier alpha value is -4.69. The van der Waals surface area contributed by atoms with Crippen LogP contribution >= 0.6 is 11.8 Å². The summed E-state index contributed by atoms with van der Waals surface area (Å²) in [5, 5.41) is 3.82. The van der Waals surface area contributed by atoms with E-state index in [-0.39, 0.29) is 5.91 Å². The lowest BCUT2D eigenvalue weighted by atomic mass is 10.0. The van der Waals surface area contributed by atoms with Gasteiger partial charge in [0, 0.05) is 51.6 Å². The Morgan fingerprint density at radius 1 is 0.923 bits per heavy atom. The number of carbonyl (C=O) groups is 2. The van der Waals surface area contributed by atoms with Crippen molar-refractivity contribution in [3.8, 4) is 0 Å². The van der Waals surface area contributed by atoms with Crippen molar-refractivity contribution in [2.24, 2.45) is 4.99 Å². The predicted molar refractivity (Wildman–Crippen MR) is 155 cm³/mol. The number of fused-ring (bicyclic) bond motifs is 2. The Bertz CT molecular complexity index is 1630. The number of hydrogen-bond acceptors (Lipinski definition) is 5. The molecule has 0 bridgehead atoms. The third kappa shape index (κ3) is 5.19. The van der Waals surface area contributed by atoms with Crippen LogP contribution < -0.4 is 10.2 Å². The molecule has 2 amide bonds. The second-order valence-electron chi connectivity index (χ2n) is 9.03. The van der Waals surface area contributed by atoms with Crippen molar-refractivity contribution in [1.82, 2.24) is 15.3 Å². The molecule has 0 spiro atoms. The fraction of sp³-hybridized carbons (Fsp3) is 0.0968. The number of H-pyrrole nitrogens is 1. The highest BCUT2D eigenvalue weighted by molar-refractivity contribution is 7.99. The van der Waals surface area contributed by atoms with Crippen LogP contribution in [0.3, 0.4) is 0 Å². The molecule has 0 aliphatic carbocycles.